The third kappa shape index (κ3) is 3.10. The van der Waals surface area contributed by atoms with Crippen molar-refractivity contribution in [3.8, 4) is 0 Å². The minimum absolute atomic E-state index is 0.00865. The molecule has 0 spiro atoms. The summed E-state index contributed by atoms with van der Waals surface area (Å²) in [5, 5.41) is 11.5. The van der Waals surface area contributed by atoms with Crippen LogP contribution in [0.4, 0.5) is 5.69 Å². The zero-order valence-electron chi connectivity index (χ0n) is 10.3. The predicted octanol–water partition coefficient (Wildman–Crippen LogP) is 1.41. The van der Waals surface area contributed by atoms with E-state index in [1.165, 1.54) is 18.2 Å². The van der Waals surface area contributed by atoms with Gasteiger partial charge in [0.1, 0.15) is 5.56 Å². The van der Waals surface area contributed by atoms with Crippen LogP contribution < -0.4 is 5.32 Å². The molecule has 8 heteroatoms. The fourth-order valence-corrected chi connectivity index (χ4v) is 4.08. The quantitative estimate of drug-likeness (QED) is 0.878. The molecule has 1 atom stereocenters. The van der Waals surface area contributed by atoms with Crippen LogP contribution in [-0.2, 0) is 14.6 Å². The van der Waals surface area contributed by atoms with Gasteiger partial charge in [-0.15, -0.1) is 0 Å². The molecule has 0 radical (unpaired) electrons. The number of halogens is 1. The highest BCUT2D eigenvalue weighted by Gasteiger charge is 2.33. The smallest absolute Gasteiger partial charge is 0.339 e. The number of anilines is 1. The van der Waals surface area contributed by atoms with E-state index in [9.17, 15) is 18.0 Å². The SMILES string of the molecule is O=C(O)c1c(Cl)cccc1NC(=O)C1CCS(=O)(=O)C1. The van der Waals surface area contributed by atoms with Crippen molar-refractivity contribution in [1.82, 2.24) is 0 Å². The Morgan fingerprint density at radius 3 is 2.60 bits per heavy atom. The van der Waals surface area contributed by atoms with Gasteiger partial charge in [-0.1, -0.05) is 17.7 Å². The number of carboxylic acid groups (broad SMARTS) is 1. The van der Waals surface area contributed by atoms with Gasteiger partial charge in [-0.2, -0.15) is 0 Å². The van der Waals surface area contributed by atoms with Crippen LogP contribution in [0, 0.1) is 5.92 Å². The first-order chi connectivity index (χ1) is 9.30. The van der Waals surface area contributed by atoms with Crippen molar-refractivity contribution in [3.63, 3.8) is 0 Å². The molecule has 6 nitrogen and oxygen atoms in total. The minimum atomic E-state index is -3.17. The zero-order chi connectivity index (χ0) is 14.9. The first kappa shape index (κ1) is 14.8. The number of hydrogen-bond acceptors (Lipinski definition) is 4. The van der Waals surface area contributed by atoms with E-state index in [0.29, 0.717) is 0 Å². The molecule has 0 saturated carbocycles. The number of rotatable bonds is 3. The van der Waals surface area contributed by atoms with E-state index in [4.69, 9.17) is 16.7 Å². The van der Waals surface area contributed by atoms with Gasteiger partial charge in [-0.3, -0.25) is 4.79 Å². The molecule has 1 amide bonds. The van der Waals surface area contributed by atoms with Gasteiger partial charge in [0.25, 0.3) is 0 Å². The molecule has 1 unspecified atom stereocenters. The average molecular weight is 318 g/mol. The molecule has 1 aromatic rings. The van der Waals surface area contributed by atoms with Crippen LogP contribution in [0.15, 0.2) is 18.2 Å². The first-order valence-electron chi connectivity index (χ1n) is 5.83. The monoisotopic (exact) mass is 317 g/mol. The summed E-state index contributed by atoms with van der Waals surface area (Å²) >= 11 is 5.78. The van der Waals surface area contributed by atoms with E-state index in [0.717, 1.165) is 0 Å². The number of carboxylic acids is 1. The second-order valence-electron chi connectivity index (χ2n) is 4.56. The van der Waals surface area contributed by atoms with Crippen molar-refractivity contribution in [2.24, 2.45) is 5.92 Å². The molecule has 1 aliphatic rings. The second kappa shape index (κ2) is 5.41. The van der Waals surface area contributed by atoms with Gasteiger partial charge in [0.15, 0.2) is 9.84 Å². The number of aromatic carboxylic acids is 1. The lowest BCUT2D eigenvalue weighted by molar-refractivity contribution is -0.119. The van der Waals surface area contributed by atoms with Crippen LogP contribution >= 0.6 is 11.6 Å². The van der Waals surface area contributed by atoms with Gasteiger partial charge in [0.05, 0.1) is 28.1 Å². The van der Waals surface area contributed by atoms with Gasteiger partial charge >= 0.3 is 5.97 Å². The Kier molecular flexibility index (Phi) is 4.01. The van der Waals surface area contributed by atoms with Crippen LogP contribution in [0.2, 0.25) is 5.02 Å². The fourth-order valence-electron chi connectivity index (χ4n) is 2.08. The molecule has 1 fully saturated rings. The molecule has 2 N–H and O–H groups in total. The first-order valence-corrected chi connectivity index (χ1v) is 8.03. The molecule has 0 aliphatic carbocycles. The van der Waals surface area contributed by atoms with E-state index in [-0.39, 0.29) is 34.2 Å². The summed E-state index contributed by atoms with van der Waals surface area (Å²) in [5.74, 6) is -2.64. The molecule has 1 heterocycles. The maximum Gasteiger partial charge on any atom is 0.339 e. The van der Waals surface area contributed by atoms with Crippen LogP contribution in [0.25, 0.3) is 0 Å². The summed E-state index contributed by atoms with van der Waals surface area (Å²) in [4.78, 5) is 23.1. The minimum Gasteiger partial charge on any atom is -0.478 e. The normalized spacial score (nSPS) is 20.6. The number of nitrogens with one attached hydrogen (secondary N) is 1. The zero-order valence-corrected chi connectivity index (χ0v) is 11.9. The van der Waals surface area contributed by atoms with Crippen molar-refractivity contribution < 1.29 is 23.1 Å². The molecule has 20 heavy (non-hydrogen) atoms. The van der Waals surface area contributed by atoms with Crippen LogP contribution in [0.3, 0.4) is 0 Å². The highest BCUT2D eigenvalue weighted by atomic mass is 35.5. The highest BCUT2D eigenvalue weighted by Crippen LogP contribution is 2.26. The summed E-state index contributed by atoms with van der Waals surface area (Å²) in [6.07, 6.45) is 0.247. The number of benzene rings is 1. The molecular weight excluding hydrogens is 306 g/mol. The van der Waals surface area contributed by atoms with E-state index in [2.05, 4.69) is 5.32 Å². The summed E-state index contributed by atoms with van der Waals surface area (Å²) in [6.45, 7) is 0. The molecule has 0 aromatic heterocycles. The summed E-state index contributed by atoms with van der Waals surface area (Å²) in [6, 6.07) is 4.33. The topological polar surface area (TPSA) is 101 Å². The maximum atomic E-state index is 12.0. The van der Waals surface area contributed by atoms with E-state index < -0.39 is 27.6 Å². The number of amides is 1. The molecule has 1 aliphatic heterocycles. The van der Waals surface area contributed by atoms with E-state index >= 15 is 0 Å². The van der Waals surface area contributed by atoms with Crippen LogP contribution in [-0.4, -0.2) is 36.9 Å². The Bertz CT molecular complexity index is 670. The summed E-state index contributed by atoms with van der Waals surface area (Å²) < 4.78 is 22.7. The van der Waals surface area contributed by atoms with Crippen LogP contribution in [0.1, 0.15) is 16.8 Å². The maximum absolute atomic E-state index is 12.0. The Morgan fingerprint density at radius 2 is 2.05 bits per heavy atom. The van der Waals surface area contributed by atoms with Crippen molar-refractivity contribution in [1.29, 1.82) is 0 Å². The summed E-state index contributed by atoms with van der Waals surface area (Å²) in [5.41, 5.74) is -0.136. The average Bonchev–Trinajstić information content (AvgIpc) is 2.69. The second-order valence-corrected chi connectivity index (χ2v) is 7.19. The molecule has 2 rings (SSSR count). The Balaban J connectivity index is 2.21. The van der Waals surface area contributed by atoms with Gasteiger partial charge in [0.2, 0.25) is 5.91 Å². The lowest BCUT2D eigenvalue weighted by Gasteiger charge is -2.12. The van der Waals surface area contributed by atoms with E-state index in [1.54, 1.807) is 0 Å². The predicted molar refractivity (Wildman–Crippen MR) is 73.8 cm³/mol. The Labute approximate surface area is 120 Å². The van der Waals surface area contributed by atoms with Gasteiger partial charge in [-0.05, 0) is 18.6 Å². The number of carbonyl (C=O) groups is 2. The molecule has 1 saturated heterocycles. The largest absolute Gasteiger partial charge is 0.478 e. The molecule has 108 valence electrons. The lowest BCUT2D eigenvalue weighted by Crippen LogP contribution is -2.24. The summed E-state index contributed by atoms with van der Waals surface area (Å²) in [7, 11) is -3.17. The third-order valence-corrected chi connectivity index (χ3v) is 5.17. The standard InChI is InChI=1S/C12H12ClNO5S/c13-8-2-1-3-9(10(8)12(16)17)14-11(15)7-4-5-20(18,19)6-7/h1-3,7H,4-6H2,(H,14,15)(H,16,17). The number of carbonyl (C=O) groups excluding carboxylic acids is 1. The van der Waals surface area contributed by atoms with Gasteiger partial charge in [0, 0.05) is 0 Å². The van der Waals surface area contributed by atoms with Gasteiger partial charge in [-0.25, -0.2) is 13.2 Å². The van der Waals surface area contributed by atoms with Crippen LogP contribution in [0.5, 0.6) is 0 Å². The highest BCUT2D eigenvalue weighted by molar-refractivity contribution is 7.91. The third-order valence-electron chi connectivity index (χ3n) is 3.09. The molecule has 0 bridgehead atoms. The number of sulfone groups is 1. The van der Waals surface area contributed by atoms with Gasteiger partial charge < -0.3 is 10.4 Å². The van der Waals surface area contributed by atoms with Crippen molar-refractivity contribution in [3.05, 3.63) is 28.8 Å². The fraction of sp³-hybridized carbons (Fsp3) is 0.333. The van der Waals surface area contributed by atoms with Crippen molar-refractivity contribution in [2.75, 3.05) is 16.8 Å². The Hall–Kier alpha value is -1.60. The molecular formula is C12H12ClNO5S. The van der Waals surface area contributed by atoms with Crippen molar-refractivity contribution in [2.45, 2.75) is 6.42 Å². The Morgan fingerprint density at radius 1 is 1.35 bits per heavy atom. The number of hydrogen-bond donors (Lipinski definition) is 2. The van der Waals surface area contributed by atoms with Crippen molar-refractivity contribution >= 4 is 39.0 Å². The van der Waals surface area contributed by atoms with E-state index in [1.807, 2.05) is 0 Å². The molecule has 1 aromatic carbocycles. The lowest BCUT2D eigenvalue weighted by atomic mass is 10.1.